The molecule has 2 aromatic heterocycles. The van der Waals surface area contributed by atoms with E-state index in [2.05, 4.69) is 15.5 Å². The largest absolute Gasteiger partial charge is 0.465 e. The van der Waals surface area contributed by atoms with Crippen LogP contribution in [0.15, 0.2) is 48.9 Å². The quantitative estimate of drug-likeness (QED) is 0.686. The average Bonchev–Trinajstić information content (AvgIpc) is 3.30. The first-order valence-corrected chi connectivity index (χ1v) is 8.14. The fourth-order valence-corrected chi connectivity index (χ4v) is 2.63. The van der Waals surface area contributed by atoms with Crippen molar-refractivity contribution in [2.45, 2.75) is 20.0 Å². The molecular formula is C18H19N5O3. The number of hydrogen-bond acceptors (Lipinski definition) is 5. The van der Waals surface area contributed by atoms with Crippen molar-refractivity contribution in [1.82, 2.24) is 19.6 Å². The van der Waals surface area contributed by atoms with Crippen LogP contribution in [0.2, 0.25) is 0 Å². The zero-order chi connectivity index (χ0) is 18.5. The summed E-state index contributed by atoms with van der Waals surface area (Å²) in [5, 5.41) is 11.1. The summed E-state index contributed by atoms with van der Waals surface area (Å²) in [5.74, 6) is -0.645. The number of aryl methyl sites for hydroxylation is 1. The van der Waals surface area contributed by atoms with Gasteiger partial charge in [0, 0.05) is 18.9 Å². The number of anilines is 1. The number of carbonyl (C=O) groups is 2. The molecule has 8 nitrogen and oxygen atoms in total. The fraction of sp³-hybridized carbons (Fsp3) is 0.222. The Balaban J connectivity index is 1.73. The number of nitrogens with one attached hydrogen (secondary N) is 1. The second-order valence-electron chi connectivity index (χ2n) is 5.56. The highest BCUT2D eigenvalue weighted by atomic mass is 16.5. The van der Waals surface area contributed by atoms with Crippen molar-refractivity contribution in [1.29, 1.82) is 0 Å². The standard InChI is InChI=1S/C18H19N5O3/c1-3-23-16(8-9-19-23)17(24)21-14-10-20-22(12-14)11-13-6-4-5-7-15(13)18(25)26-2/h4-10,12H,3,11H2,1-2H3,(H,21,24). The number of nitrogens with zero attached hydrogens (tertiary/aromatic N) is 4. The minimum atomic E-state index is -0.394. The van der Waals surface area contributed by atoms with Gasteiger partial charge in [0.1, 0.15) is 5.69 Å². The molecule has 0 radical (unpaired) electrons. The van der Waals surface area contributed by atoms with Crippen molar-refractivity contribution in [3.8, 4) is 0 Å². The number of amides is 1. The summed E-state index contributed by atoms with van der Waals surface area (Å²) in [4.78, 5) is 24.2. The van der Waals surface area contributed by atoms with Crippen molar-refractivity contribution < 1.29 is 14.3 Å². The topological polar surface area (TPSA) is 91.0 Å². The fourth-order valence-electron chi connectivity index (χ4n) is 2.63. The molecule has 3 rings (SSSR count). The number of ether oxygens (including phenoxy) is 1. The van der Waals surface area contributed by atoms with Gasteiger partial charge in [-0.15, -0.1) is 0 Å². The molecule has 0 aliphatic carbocycles. The van der Waals surface area contributed by atoms with Crippen LogP contribution in [0.1, 0.15) is 33.3 Å². The summed E-state index contributed by atoms with van der Waals surface area (Å²) in [5.41, 5.74) is 2.32. The number of benzene rings is 1. The third-order valence-electron chi connectivity index (χ3n) is 3.89. The molecule has 0 atom stereocenters. The minimum absolute atomic E-state index is 0.251. The molecule has 2 heterocycles. The van der Waals surface area contributed by atoms with Crippen LogP contribution in [0.5, 0.6) is 0 Å². The third-order valence-corrected chi connectivity index (χ3v) is 3.89. The van der Waals surface area contributed by atoms with Gasteiger partial charge in [0.25, 0.3) is 5.91 Å². The van der Waals surface area contributed by atoms with Gasteiger partial charge in [-0.2, -0.15) is 10.2 Å². The first-order chi connectivity index (χ1) is 12.6. The lowest BCUT2D eigenvalue weighted by atomic mass is 10.1. The highest BCUT2D eigenvalue weighted by Crippen LogP contribution is 2.14. The molecule has 0 saturated carbocycles. The van der Waals surface area contributed by atoms with Crippen LogP contribution >= 0.6 is 0 Å². The Hall–Kier alpha value is -3.42. The molecule has 1 N–H and O–H groups in total. The van der Waals surface area contributed by atoms with Gasteiger partial charge in [-0.3, -0.25) is 14.2 Å². The van der Waals surface area contributed by atoms with Gasteiger partial charge < -0.3 is 10.1 Å². The van der Waals surface area contributed by atoms with Crippen LogP contribution in [0.25, 0.3) is 0 Å². The number of esters is 1. The van der Waals surface area contributed by atoms with E-state index in [1.165, 1.54) is 7.11 Å². The van der Waals surface area contributed by atoms with Gasteiger partial charge in [0.15, 0.2) is 0 Å². The Bertz CT molecular complexity index is 928. The van der Waals surface area contributed by atoms with Gasteiger partial charge in [0.2, 0.25) is 0 Å². The molecule has 8 heteroatoms. The number of carbonyl (C=O) groups excluding carboxylic acids is 2. The molecule has 0 aliphatic heterocycles. The van der Waals surface area contributed by atoms with Crippen molar-refractivity contribution in [3.05, 3.63) is 65.7 Å². The first kappa shape index (κ1) is 17.4. The number of hydrogen-bond donors (Lipinski definition) is 1. The number of methoxy groups -OCH3 is 1. The molecule has 0 saturated heterocycles. The van der Waals surface area contributed by atoms with Crippen LogP contribution in [-0.2, 0) is 17.8 Å². The van der Waals surface area contributed by atoms with E-state index in [0.29, 0.717) is 30.0 Å². The molecule has 1 aromatic carbocycles. The van der Waals surface area contributed by atoms with E-state index < -0.39 is 5.97 Å². The maximum Gasteiger partial charge on any atom is 0.338 e. The van der Waals surface area contributed by atoms with Gasteiger partial charge >= 0.3 is 5.97 Å². The third kappa shape index (κ3) is 3.64. The molecule has 3 aromatic rings. The van der Waals surface area contributed by atoms with E-state index in [1.54, 1.807) is 46.2 Å². The summed E-state index contributed by atoms with van der Waals surface area (Å²) < 4.78 is 8.07. The van der Waals surface area contributed by atoms with Crippen molar-refractivity contribution >= 4 is 17.6 Å². The normalized spacial score (nSPS) is 10.5. The number of aromatic nitrogens is 4. The zero-order valence-corrected chi connectivity index (χ0v) is 14.5. The first-order valence-electron chi connectivity index (χ1n) is 8.14. The highest BCUT2D eigenvalue weighted by Gasteiger charge is 2.14. The highest BCUT2D eigenvalue weighted by molar-refractivity contribution is 6.02. The van der Waals surface area contributed by atoms with Crippen molar-refractivity contribution in [2.24, 2.45) is 0 Å². The zero-order valence-electron chi connectivity index (χ0n) is 14.5. The molecule has 1 amide bonds. The Morgan fingerprint density at radius 3 is 2.77 bits per heavy atom. The van der Waals surface area contributed by atoms with Crippen LogP contribution in [0, 0.1) is 0 Å². The maximum atomic E-state index is 12.3. The van der Waals surface area contributed by atoms with E-state index in [4.69, 9.17) is 4.74 Å². The van der Waals surface area contributed by atoms with E-state index >= 15 is 0 Å². The predicted molar refractivity (Wildman–Crippen MR) is 95.0 cm³/mol. The predicted octanol–water partition coefficient (Wildman–Crippen LogP) is 2.19. The van der Waals surface area contributed by atoms with Crippen LogP contribution < -0.4 is 5.32 Å². The van der Waals surface area contributed by atoms with Gasteiger partial charge in [-0.05, 0) is 24.6 Å². The lowest BCUT2D eigenvalue weighted by molar-refractivity contribution is 0.0599. The van der Waals surface area contributed by atoms with E-state index in [9.17, 15) is 9.59 Å². The Morgan fingerprint density at radius 1 is 1.19 bits per heavy atom. The van der Waals surface area contributed by atoms with E-state index in [0.717, 1.165) is 5.56 Å². The van der Waals surface area contributed by atoms with Gasteiger partial charge in [0.05, 0.1) is 31.1 Å². The molecule has 0 fully saturated rings. The van der Waals surface area contributed by atoms with Gasteiger partial charge in [-0.25, -0.2) is 4.79 Å². The molecule has 0 bridgehead atoms. The van der Waals surface area contributed by atoms with Gasteiger partial charge in [-0.1, -0.05) is 18.2 Å². The van der Waals surface area contributed by atoms with Crippen molar-refractivity contribution in [3.63, 3.8) is 0 Å². The Morgan fingerprint density at radius 2 is 2.00 bits per heavy atom. The van der Waals surface area contributed by atoms with E-state index in [-0.39, 0.29) is 5.91 Å². The second-order valence-corrected chi connectivity index (χ2v) is 5.56. The summed E-state index contributed by atoms with van der Waals surface area (Å²) in [6, 6.07) is 8.84. The lowest BCUT2D eigenvalue weighted by Crippen LogP contribution is -2.17. The molecule has 0 aliphatic rings. The van der Waals surface area contributed by atoms with E-state index in [1.807, 2.05) is 19.1 Å². The van der Waals surface area contributed by atoms with Crippen molar-refractivity contribution in [2.75, 3.05) is 12.4 Å². The molecular weight excluding hydrogens is 334 g/mol. The van der Waals surface area contributed by atoms with Crippen LogP contribution in [-0.4, -0.2) is 38.5 Å². The molecule has 26 heavy (non-hydrogen) atoms. The number of rotatable bonds is 6. The summed E-state index contributed by atoms with van der Waals surface area (Å²) in [7, 11) is 1.35. The summed E-state index contributed by atoms with van der Waals surface area (Å²) in [6.07, 6.45) is 4.86. The smallest absolute Gasteiger partial charge is 0.338 e. The Labute approximate surface area is 150 Å². The SMILES string of the molecule is CCn1nccc1C(=O)Nc1cnn(Cc2ccccc2C(=O)OC)c1. The molecule has 0 spiro atoms. The Kier molecular flexibility index (Phi) is 5.12. The summed E-state index contributed by atoms with van der Waals surface area (Å²) in [6.45, 7) is 2.91. The van der Waals surface area contributed by atoms with Crippen LogP contribution in [0.3, 0.4) is 0 Å². The summed E-state index contributed by atoms with van der Waals surface area (Å²) >= 11 is 0. The lowest BCUT2D eigenvalue weighted by Gasteiger charge is -2.07. The molecule has 134 valence electrons. The second kappa shape index (κ2) is 7.64. The average molecular weight is 353 g/mol. The molecule has 0 unspecified atom stereocenters. The minimum Gasteiger partial charge on any atom is -0.465 e. The maximum absolute atomic E-state index is 12.3. The monoisotopic (exact) mass is 353 g/mol. The van der Waals surface area contributed by atoms with Crippen LogP contribution in [0.4, 0.5) is 5.69 Å².